The molecule has 0 saturated carbocycles. The normalized spacial score (nSPS) is 19.5. The number of aliphatic hydroxyl groups excluding tert-OH is 2. The van der Waals surface area contributed by atoms with Gasteiger partial charge in [-0.3, -0.25) is 0 Å². The van der Waals surface area contributed by atoms with E-state index in [4.69, 9.17) is 27.4 Å². The highest BCUT2D eigenvalue weighted by Gasteiger charge is 2.54. The van der Waals surface area contributed by atoms with Crippen LogP contribution in [0.4, 0.5) is 0 Å². The van der Waals surface area contributed by atoms with Crippen molar-refractivity contribution in [1.29, 1.82) is 0 Å². The molecular formula is C19H42B2O4. The van der Waals surface area contributed by atoms with E-state index in [-0.39, 0.29) is 47.6 Å². The molecule has 0 unspecified atom stereocenters. The van der Waals surface area contributed by atoms with Crippen LogP contribution in [0.3, 0.4) is 0 Å². The third kappa shape index (κ3) is 12.1. The Balaban J connectivity index is 0. The number of hydrogen-bond acceptors (Lipinski definition) is 4. The van der Waals surface area contributed by atoms with Gasteiger partial charge in [0.2, 0.25) is 0 Å². The van der Waals surface area contributed by atoms with E-state index in [0.29, 0.717) is 0 Å². The molecule has 0 aliphatic carbocycles. The van der Waals surface area contributed by atoms with E-state index in [9.17, 15) is 0 Å². The Hall–Kier alpha value is -0.0301. The Bertz CT molecular complexity index is 352. The van der Waals surface area contributed by atoms with Gasteiger partial charge in [-0.25, -0.2) is 0 Å². The Morgan fingerprint density at radius 3 is 1.08 bits per heavy atom. The molecule has 148 valence electrons. The summed E-state index contributed by atoms with van der Waals surface area (Å²) in [5, 5.41) is 16.9. The zero-order valence-corrected chi connectivity index (χ0v) is 18.8. The zero-order valence-electron chi connectivity index (χ0n) is 18.8. The minimum atomic E-state index is -0.306. The van der Waals surface area contributed by atoms with Crippen molar-refractivity contribution in [3.63, 3.8) is 0 Å². The SMILES string of the molecule is CC(C)(C)B1OC(C)(C)C(C)(C)O1.CC(C)(CO)CO.[B]C(C)(C)C. The molecule has 0 atom stereocenters. The summed E-state index contributed by atoms with van der Waals surface area (Å²) in [5.74, 6) is 0. The monoisotopic (exact) mass is 356 g/mol. The van der Waals surface area contributed by atoms with Crippen molar-refractivity contribution in [2.24, 2.45) is 5.41 Å². The van der Waals surface area contributed by atoms with Crippen LogP contribution >= 0.6 is 0 Å². The first kappa shape index (κ1) is 27.2. The van der Waals surface area contributed by atoms with Gasteiger partial charge < -0.3 is 19.5 Å². The second kappa shape index (κ2) is 9.25. The van der Waals surface area contributed by atoms with E-state index in [2.05, 4.69) is 48.5 Å². The van der Waals surface area contributed by atoms with Crippen LogP contribution in [-0.2, 0) is 9.31 Å². The second-order valence-corrected chi connectivity index (χ2v) is 10.8. The van der Waals surface area contributed by atoms with E-state index in [1.54, 1.807) is 13.8 Å². The molecule has 1 aliphatic heterocycles. The Kier molecular flexibility index (Phi) is 10.1. The summed E-state index contributed by atoms with van der Waals surface area (Å²) < 4.78 is 11.8. The fraction of sp³-hybridized carbons (Fsp3) is 1.00. The van der Waals surface area contributed by atoms with E-state index in [1.807, 2.05) is 20.8 Å². The van der Waals surface area contributed by atoms with Gasteiger partial charge in [0.25, 0.3) is 0 Å². The average molecular weight is 356 g/mol. The molecule has 4 nitrogen and oxygen atoms in total. The molecule has 0 amide bonds. The topological polar surface area (TPSA) is 58.9 Å². The standard InChI is InChI=1S/C10H21BO2.C5H12O2.C4H9B/c1-8(2,3)11-12-9(4,5)10(6,7)13-11;1-5(2,3-6)4-7;1-4(2,3)5/h1-7H3;6-7H,3-4H2,1-2H3;1-3H3. The van der Waals surface area contributed by atoms with Crippen molar-refractivity contribution in [2.45, 2.75) is 105 Å². The lowest BCUT2D eigenvalue weighted by Gasteiger charge is -2.32. The maximum atomic E-state index is 8.43. The van der Waals surface area contributed by atoms with Crippen LogP contribution in [0.2, 0.25) is 10.6 Å². The minimum Gasteiger partial charge on any atom is -0.403 e. The first-order valence-electron chi connectivity index (χ1n) is 9.05. The Morgan fingerprint density at radius 1 is 0.760 bits per heavy atom. The molecule has 6 heteroatoms. The van der Waals surface area contributed by atoms with Crippen molar-refractivity contribution in [3.8, 4) is 0 Å². The molecule has 0 aromatic heterocycles. The quantitative estimate of drug-likeness (QED) is 0.727. The highest BCUT2D eigenvalue weighted by atomic mass is 16.7. The smallest absolute Gasteiger partial charge is 0.403 e. The van der Waals surface area contributed by atoms with Gasteiger partial charge in [-0.2, -0.15) is 0 Å². The number of aliphatic hydroxyl groups is 2. The summed E-state index contributed by atoms with van der Waals surface area (Å²) in [6, 6.07) is 0. The predicted octanol–water partition coefficient (Wildman–Crippen LogP) is 4.25. The lowest BCUT2D eigenvalue weighted by atomic mass is 9.61. The van der Waals surface area contributed by atoms with Gasteiger partial charge in [0.15, 0.2) is 0 Å². The minimum absolute atomic E-state index is 0. The highest BCUT2D eigenvalue weighted by Crippen LogP contribution is 2.44. The summed E-state index contributed by atoms with van der Waals surface area (Å²) in [6.45, 7) is 24.3. The first-order valence-corrected chi connectivity index (χ1v) is 9.05. The van der Waals surface area contributed by atoms with Gasteiger partial charge in [-0.15, -0.1) is 0 Å². The Morgan fingerprint density at radius 2 is 1.00 bits per heavy atom. The van der Waals surface area contributed by atoms with E-state index in [0.717, 1.165) is 0 Å². The largest absolute Gasteiger partial charge is 0.463 e. The van der Waals surface area contributed by atoms with Gasteiger partial charge in [-0.1, -0.05) is 60.7 Å². The van der Waals surface area contributed by atoms with Crippen LogP contribution in [0, 0.1) is 5.41 Å². The second-order valence-electron chi connectivity index (χ2n) is 10.8. The lowest BCUT2D eigenvalue weighted by Crippen LogP contribution is -2.41. The molecule has 0 spiro atoms. The first-order chi connectivity index (χ1) is 10.7. The van der Waals surface area contributed by atoms with Crippen molar-refractivity contribution >= 4 is 15.0 Å². The van der Waals surface area contributed by atoms with Crippen LogP contribution in [0.25, 0.3) is 0 Å². The maximum absolute atomic E-state index is 8.43. The molecule has 1 rings (SSSR count). The average Bonchev–Trinajstić information content (AvgIpc) is 2.57. The van der Waals surface area contributed by atoms with Crippen molar-refractivity contribution < 1.29 is 19.5 Å². The molecule has 0 aromatic rings. The van der Waals surface area contributed by atoms with Crippen LogP contribution in [0.15, 0.2) is 0 Å². The van der Waals surface area contributed by atoms with Crippen LogP contribution in [-0.4, -0.2) is 49.6 Å². The number of hydrogen-bond donors (Lipinski definition) is 2. The van der Waals surface area contributed by atoms with E-state index >= 15 is 0 Å². The molecule has 2 N–H and O–H groups in total. The summed E-state index contributed by atoms with van der Waals surface area (Å²) in [7, 11) is 5.25. The number of rotatable bonds is 2. The van der Waals surface area contributed by atoms with Crippen LogP contribution in [0.1, 0.15) is 83.1 Å². The molecule has 0 bridgehead atoms. The van der Waals surface area contributed by atoms with Crippen molar-refractivity contribution in [3.05, 3.63) is 0 Å². The lowest BCUT2D eigenvalue weighted by molar-refractivity contribution is 0.00578. The van der Waals surface area contributed by atoms with Gasteiger partial charge in [0, 0.05) is 5.41 Å². The Labute approximate surface area is 158 Å². The fourth-order valence-electron chi connectivity index (χ4n) is 1.25. The van der Waals surface area contributed by atoms with E-state index < -0.39 is 0 Å². The zero-order chi connectivity index (χ0) is 20.9. The maximum Gasteiger partial charge on any atom is 0.463 e. The highest BCUT2D eigenvalue weighted by molar-refractivity contribution is 6.49. The van der Waals surface area contributed by atoms with Gasteiger partial charge >= 0.3 is 7.12 Å². The molecule has 1 fully saturated rings. The molecule has 25 heavy (non-hydrogen) atoms. The van der Waals surface area contributed by atoms with Gasteiger partial charge in [0.1, 0.15) is 0 Å². The molecule has 0 aromatic carbocycles. The van der Waals surface area contributed by atoms with Gasteiger partial charge in [-0.05, 0) is 33.0 Å². The summed E-state index contributed by atoms with van der Waals surface area (Å²) in [6.07, 6.45) is 0. The summed E-state index contributed by atoms with van der Waals surface area (Å²) >= 11 is 0. The molecule has 1 heterocycles. The van der Waals surface area contributed by atoms with E-state index in [1.165, 1.54) is 0 Å². The molecule has 1 aliphatic rings. The fourth-order valence-corrected chi connectivity index (χ4v) is 1.25. The molecular weight excluding hydrogens is 314 g/mol. The molecule has 2 radical (unpaired) electrons. The van der Waals surface area contributed by atoms with Crippen molar-refractivity contribution in [2.75, 3.05) is 13.2 Å². The molecule has 1 saturated heterocycles. The third-order valence-corrected chi connectivity index (χ3v) is 3.82. The van der Waals surface area contributed by atoms with Gasteiger partial charge in [0.05, 0.1) is 32.3 Å². The van der Waals surface area contributed by atoms with Crippen LogP contribution in [0.5, 0.6) is 0 Å². The third-order valence-electron chi connectivity index (χ3n) is 3.82. The van der Waals surface area contributed by atoms with Crippen LogP contribution < -0.4 is 0 Å². The summed E-state index contributed by atoms with van der Waals surface area (Å²) in [4.78, 5) is 0. The summed E-state index contributed by atoms with van der Waals surface area (Å²) in [5.41, 5.74) is -0.712. The van der Waals surface area contributed by atoms with Crippen molar-refractivity contribution in [1.82, 2.24) is 0 Å². The predicted molar refractivity (Wildman–Crippen MR) is 109 cm³/mol.